The fourth-order valence-corrected chi connectivity index (χ4v) is 2.48. The molecule has 1 aliphatic heterocycles. The first-order valence-corrected chi connectivity index (χ1v) is 6.74. The minimum atomic E-state index is -0.0974. The molecule has 1 amide bonds. The lowest BCUT2D eigenvalue weighted by atomic mass is 10.1. The highest BCUT2D eigenvalue weighted by Gasteiger charge is 2.24. The Hall–Kier alpha value is -1.81. The molecule has 1 aromatic carbocycles. The van der Waals surface area contributed by atoms with Crippen molar-refractivity contribution in [1.82, 2.24) is 0 Å². The Bertz CT molecular complexity index is 693. The van der Waals surface area contributed by atoms with Crippen LogP contribution in [0.4, 0.5) is 5.69 Å². The zero-order valence-electron chi connectivity index (χ0n) is 10.6. The van der Waals surface area contributed by atoms with Gasteiger partial charge in [0.2, 0.25) is 0 Å². The molecule has 3 nitrogen and oxygen atoms in total. The van der Waals surface area contributed by atoms with E-state index in [2.05, 4.69) is 21.2 Å². The lowest BCUT2D eigenvalue weighted by Gasteiger charge is -1.98. The van der Waals surface area contributed by atoms with Gasteiger partial charge in [-0.3, -0.25) is 4.79 Å². The lowest BCUT2D eigenvalue weighted by molar-refractivity contribution is -0.110. The number of nitrogens with one attached hydrogen (secondary N) is 1. The van der Waals surface area contributed by atoms with Gasteiger partial charge in [-0.05, 0) is 49.8 Å². The summed E-state index contributed by atoms with van der Waals surface area (Å²) in [5.41, 5.74) is 3.44. The van der Waals surface area contributed by atoms with Gasteiger partial charge in [0.05, 0.1) is 5.57 Å². The third-order valence-electron chi connectivity index (χ3n) is 3.24. The number of hydrogen-bond acceptors (Lipinski definition) is 2. The Morgan fingerprint density at radius 2 is 2.05 bits per heavy atom. The summed E-state index contributed by atoms with van der Waals surface area (Å²) in [5, 5.41) is 2.85. The van der Waals surface area contributed by atoms with Crippen LogP contribution in [-0.4, -0.2) is 5.91 Å². The molecule has 0 spiro atoms. The second-order valence-electron chi connectivity index (χ2n) is 4.59. The summed E-state index contributed by atoms with van der Waals surface area (Å²) >= 11 is 3.42. The van der Waals surface area contributed by atoms with Gasteiger partial charge in [-0.25, -0.2) is 0 Å². The zero-order chi connectivity index (χ0) is 13.6. The van der Waals surface area contributed by atoms with Gasteiger partial charge >= 0.3 is 0 Å². The second kappa shape index (κ2) is 4.38. The van der Waals surface area contributed by atoms with E-state index >= 15 is 0 Å². The molecule has 2 aromatic rings. The minimum Gasteiger partial charge on any atom is -0.462 e. The number of anilines is 1. The van der Waals surface area contributed by atoms with E-state index in [4.69, 9.17) is 4.42 Å². The molecular weight excluding hydrogens is 306 g/mol. The van der Waals surface area contributed by atoms with E-state index in [0.29, 0.717) is 11.3 Å². The van der Waals surface area contributed by atoms with Crippen molar-refractivity contribution in [2.45, 2.75) is 13.8 Å². The second-order valence-corrected chi connectivity index (χ2v) is 5.51. The minimum absolute atomic E-state index is 0.0974. The van der Waals surface area contributed by atoms with Gasteiger partial charge in [-0.15, -0.1) is 0 Å². The third kappa shape index (κ3) is 2.12. The van der Waals surface area contributed by atoms with Gasteiger partial charge < -0.3 is 9.73 Å². The molecule has 3 rings (SSSR count). The van der Waals surface area contributed by atoms with Crippen molar-refractivity contribution in [2.75, 3.05) is 5.32 Å². The van der Waals surface area contributed by atoms with E-state index in [1.807, 2.05) is 38.1 Å². The van der Waals surface area contributed by atoms with E-state index in [1.165, 1.54) is 0 Å². The maximum atomic E-state index is 12.0. The largest absolute Gasteiger partial charge is 0.462 e. The van der Waals surface area contributed by atoms with Crippen LogP contribution in [0.25, 0.3) is 11.6 Å². The number of fused-ring (bicyclic) bond motifs is 1. The molecule has 4 heteroatoms. The highest BCUT2D eigenvalue weighted by atomic mass is 79.9. The monoisotopic (exact) mass is 317 g/mol. The number of carbonyl (C=O) groups excluding carboxylic acids is 1. The molecule has 0 atom stereocenters. The molecule has 1 aromatic heterocycles. The molecule has 0 aliphatic carbocycles. The Morgan fingerprint density at radius 1 is 1.26 bits per heavy atom. The molecule has 1 aliphatic rings. The Morgan fingerprint density at radius 3 is 2.74 bits per heavy atom. The summed E-state index contributed by atoms with van der Waals surface area (Å²) in [6.07, 6.45) is 1.79. The fourth-order valence-electron chi connectivity index (χ4n) is 2.12. The van der Waals surface area contributed by atoms with Crippen LogP contribution in [0.3, 0.4) is 0 Å². The van der Waals surface area contributed by atoms with Crippen LogP contribution >= 0.6 is 15.9 Å². The van der Waals surface area contributed by atoms with Crippen LogP contribution < -0.4 is 5.32 Å². The topological polar surface area (TPSA) is 42.2 Å². The predicted octanol–water partition coefficient (Wildman–Crippen LogP) is 4.15. The molecule has 1 N–H and O–H groups in total. The first-order valence-electron chi connectivity index (χ1n) is 5.94. The standard InChI is InChI=1S/C15H12BrNO2/c1-8-5-11(19-9(8)2)7-13-12-6-10(16)3-4-14(12)17-15(13)18/h3-7H,1-2H3,(H,17,18)/b13-7-. The number of rotatable bonds is 1. The van der Waals surface area contributed by atoms with Crippen LogP contribution in [0.2, 0.25) is 0 Å². The quantitative estimate of drug-likeness (QED) is 0.803. The van der Waals surface area contributed by atoms with Crippen molar-refractivity contribution in [2.24, 2.45) is 0 Å². The Kier molecular flexibility index (Phi) is 2.82. The molecular formula is C15H12BrNO2. The molecule has 0 fully saturated rings. The summed E-state index contributed by atoms with van der Waals surface area (Å²) < 4.78 is 6.55. The van der Waals surface area contributed by atoms with Crippen LogP contribution in [0, 0.1) is 13.8 Å². The Labute approximate surface area is 119 Å². The number of hydrogen-bond donors (Lipinski definition) is 1. The summed E-state index contributed by atoms with van der Waals surface area (Å²) in [6.45, 7) is 3.90. The van der Waals surface area contributed by atoms with E-state index in [-0.39, 0.29) is 5.91 Å². The van der Waals surface area contributed by atoms with Gasteiger partial charge in [0.1, 0.15) is 11.5 Å². The maximum Gasteiger partial charge on any atom is 0.256 e. The van der Waals surface area contributed by atoms with Crippen molar-refractivity contribution in [3.63, 3.8) is 0 Å². The molecule has 2 heterocycles. The molecule has 0 saturated heterocycles. The van der Waals surface area contributed by atoms with Crippen molar-refractivity contribution in [3.05, 3.63) is 51.4 Å². The SMILES string of the molecule is Cc1cc(/C=C2\C(=O)Nc3ccc(Br)cc32)oc1C. The van der Waals surface area contributed by atoms with Crippen molar-refractivity contribution in [1.29, 1.82) is 0 Å². The van der Waals surface area contributed by atoms with E-state index in [0.717, 1.165) is 27.0 Å². The molecule has 0 unspecified atom stereocenters. The molecule has 96 valence electrons. The summed E-state index contributed by atoms with van der Waals surface area (Å²) in [6, 6.07) is 7.66. The molecule has 0 radical (unpaired) electrons. The number of furan rings is 1. The average Bonchev–Trinajstić information content (AvgIpc) is 2.82. The highest BCUT2D eigenvalue weighted by Crippen LogP contribution is 2.35. The summed E-state index contributed by atoms with van der Waals surface area (Å²) in [5.74, 6) is 1.48. The van der Waals surface area contributed by atoms with Gasteiger partial charge in [0, 0.05) is 15.7 Å². The first kappa shape index (κ1) is 12.2. The number of benzene rings is 1. The van der Waals surface area contributed by atoms with Crippen LogP contribution in [0.5, 0.6) is 0 Å². The first-order chi connectivity index (χ1) is 9.04. The van der Waals surface area contributed by atoms with Gasteiger partial charge in [0.15, 0.2) is 0 Å². The number of amides is 1. The number of aryl methyl sites for hydroxylation is 2. The number of carbonyl (C=O) groups is 1. The summed E-state index contributed by atoms with van der Waals surface area (Å²) in [4.78, 5) is 12.0. The van der Waals surface area contributed by atoms with E-state index < -0.39 is 0 Å². The van der Waals surface area contributed by atoms with Gasteiger partial charge in [-0.1, -0.05) is 15.9 Å². The van der Waals surface area contributed by atoms with Gasteiger partial charge in [-0.2, -0.15) is 0 Å². The lowest BCUT2D eigenvalue weighted by Crippen LogP contribution is -2.03. The smallest absolute Gasteiger partial charge is 0.256 e. The average molecular weight is 318 g/mol. The summed E-state index contributed by atoms with van der Waals surface area (Å²) in [7, 11) is 0. The van der Waals surface area contributed by atoms with Crippen molar-refractivity contribution < 1.29 is 9.21 Å². The predicted molar refractivity (Wildman–Crippen MR) is 78.8 cm³/mol. The highest BCUT2D eigenvalue weighted by molar-refractivity contribution is 9.10. The van der Waals surface area contributed by atoms with Gasteiger partial charge in [0.25, 0.3) is 5.91 Å². The third-order valence-corrected chi connectivity index (χ3v) is 3.73. The molecule has 0 saturated carbocycles. The zero-order valence-corrected chi connectivity index (χ0v) is 12.2. The van der Waals surface area contributed by atoms with Crippen molar-refractivity contribution >= 4 is 39.2 Å². The Balaban J connectivity index is 2.11. The van der Waals surface area contributed by atoms with E-state index in [1.54, 1.807) is 6.08 Å². The molecule has 0 bridgehead atoms. The van der Waals surface area contributed by atoms with Crippen LogP contribution in [-0.2, 0) is 4.79 Å². The normalized spacial score (nSPS) is 15.7. The van der Waals surface area contributed by atoms with E-state index in [9.17, 15) is 4.79 Å². The maximum absolute atomic E-state index is 12.0. The number of halogens is 1. The van der Waals surface area contributed by atoms with Crippen molar-refractivity contribution in [3.8, 4) is 0 Å². The van der Waals surface area contributed by atoms with Crippen LogP contribution in [0.15, 0.2) is 33.2 Å². The molecule has 19 heavy (non-hydrogen) atoms. The fraction of sp³-hybridized carbons (Fsp3) is 0.133. The van der Waals surface area contributed by atoms with Crippen LogP contribution in [0.1, 0.15) is 22.6 Å².